The monoisotopic (exact) mass is 290 g/mol. The fourth-order valence-corrected chi connectivity index (χ4v) is 2.87. The zero-order valence-corrected chi connectivity index (χ0v) is 12.0. The highest BCUT2D eigenvalue weighted by Gasteiger charge is 2.13. The van der Waals surface area contributed by atoms with E-state index in [0.717, 1.165) is 33.3 Å². The highest BCUT2D eigenvalue weighted by atomic mass is 16.1. The van der Waals surface area contributed by atoms with Crippen molar-refractivity contribution in [3.05, 3.63) is 48.7 Å². The first-order chi connectivity index (χ1) is 10.8. The molecule has 2 N–H and O–H groups in total. The maximum absolute atomic E-state index is 10.7. The minimum absolute atomic E-state index is 0.668. The van der Waals surface area contributed by atoms with E-state index in [1.165, 1.54) is 0 Å². The molecule has 1 amide bonds. The number of rotatable bonds is 3. The molecule has 0 aliphatic rings. The van der Waals surface area contributed by atoms with Crippen molar-refractivity contribution in [1.29, 1.82) is 0 Å². The highest BCUT2D eigenvalue weighted by Crippen LogP contribution is 2.31. The van der Waals surface area contributed by atoms with Crippen LogP contribution < -0.4 is 5.32 Å². The van der Waals surface area contributed by atoms with Gasteiger partial charge in [-0.1, -0.05) is 24.3 Å². The lowest BCUT2D eigenvalue weighted by Crippen LogP contribution is -1.93. The van der Waals surface area contributed by atoms with Gasteiger partial charge in [0.25, 0.3) is 0 Å². The molecule has 0 bridgehead atoms. The number of aryl methyl sites for hydroxylation is 1. The molecule has 0 saturated carbocycles. The smallest absolute Gasteiger partial charge is 0.211 e. The summed E-state index contributed by atoms with van der Waals surface area (Å²) >= 11 is 0. The molecule has 4 rings (SSSR count). The predicted molar refractivity (Wildman–Crippen MR) is 87.7 cm³/mol. The molecule has 2 aromatic heterocycles. The largest absolute Gasteiger partial charge is 0.350 e. The van der Waals surface area contributed by atoms with E-state index in [9.17, 15) is 4.79 Å². The minimum Gasteiger partial charge on any atom is -0.350 e. The molecule has 0 fully saturated rings. The summed E-state index contributed by atoms with van der Waals surface area (Å²) in [6.07, 6.45) is 2.73. The number of carbonyl (C=O) groups excluding carboxylic acids is 1. The minimum atomic E-state index is 0.668. The highest BCUT2D eigenvalue weighted by molar-refractivity contribution is 5.99. The fourth-order valence-electron chi connectivity index (χ4n) is 2.87. The molecule has 22 heavy (non-hydrogen) atoms. The van der Waals surface area contributed by atoms with Gasteiger partial charge in [-0.3, -0.25) is 4.79 Å². The van der Waals surface area contributed by atoms with E-state index in [2.05, 4.69) is 38.2 Å². The van der Waals surface area contributed by atoms with E-state index in [-0.39, 0.29) is 0 Å². The second kappa shape index (κ2) is 4.73. The maximum Gasteiger partial charge on any atom is 0.211 e. The number of fused-ring (bicyclic) bond motifs is 2. The number of H-pyrrole nitrogens is 1. The molecular formula is C17H14N4O. The van der Waals surface area contributed by atoms with Gasteiger partial charge in [0.05, 0.1) is 11.2 Å². The van der Waals surface area contributed by atoms with E-state index < -0.39 is 0 Å². The Morgan fingerprint density at radius 3 is 2.91 bits per heavy atom. The lowest BCUT2D eigenvalue weighted by molar-refractivity contribution is -0.105. The van der Waals surface area contributed by atoms with E-state index in [1.54, 1.807) is 0 Å². The van der Waals surface area contributed by atoms with Crippen molar-refractivity contribution >= 4 is 34.0 Å². The second-order valence-corrected chi connectivity index (χ2v) is 5.22. The van der Waals surface area contributed by atoms with Gasteiger partial charge in [0.1, 0.15) is 11.3 Å². The molecule has 0 saturated heterocycles. The Kier molecular flexibility index (Phi) is 2.72. The molecular weight excluding hydrogens is 276 g/mol. The first kappa shape index (κ1) is 12.6. The first-order valence-electron chi connectivity index (χ1n) is 7.01. The lowest BCUT2D eigenvalue weighted by Gasteiger charge is -1.97. The van der Waals surface area contributed by atoms with Crippen LogP contribution in [0.25, 0.3) is 33.3 Å². The number of anilines is 1. The summed E-state index contributed by atoms with van der Waals surface area (Å²) in [7, 11) is 2.02. The maximum atomic E-state index is 10.7. The molecule has 108 valence electrons. The number of carbonyl (C=O) groups is 1. The normalized spacial score (nSPS) is 11.1. The summed E-state index contributed by atoms with van der Waals surface area (Å²) in [5.74, 6) is 0.798. The molecule has 2 aromatic carbocycles. The SMILES string of the molecule is Cn1cc(-c2nc3c(NC=O)cccc3[nH]2)c2ccccc21. The standard InChI is InChI=1S/C17H14N4O/c1-21-9-12(11-5-2-3-8-15(11)21)17-19-14-7-4-6-13(18-10-22)16(14)20-17/h2-10H,1H3,(H,18,22)(H,19,20). The first-order valence-corrected chi connectivity index (χ1v) is 7.01. The number of nitrogens with zero attached hydrogens (tertiary/aromatic N) is 2. The van der Waals surface area contributed by atoms with Crippen molar-refractivity contribution in [2.24, 2.45) is 7.05 Å². The molecule has 0 spiro atoms. The summed E-state index contributed by atoms with van der Waals surface area (Å²) in [6.45, 7) is 0. The van der Waals surface area contributed by atoms with Crippen molar-refractivity contribution < 1.29 is 4.79 Å². The molecule has 0 unspecified atom stereocenters. The molecule has 0 atom stereocenters. The predicted octanol–water partition coefficient (Wildman–Crippen LogP) is 3.29. The molecule has 4 aromatic rings. The number of hydrogen-bond donors (Lipinski definition) is 2. The third kappa shape index (κ3) is 1.79. The third-order valence-corrected chi connectivity index (χ3v) is 3.88. The van der Waals surface area contributed by atoms with E-state index in [4.69, 9.17) is 0 Å². The number of aromatic amines is 1. The van der Waals surface area contributed by atoms with Gasteiger partial charge in [-0.05, 0) is 18.2 Å². The summed E-state index contributed by atoms with van der Waals surface area (Å²) in [4.78, 5) is 18.7. The Bertz CT molecular complexity index is 996. The summed E-state index contributed by atoms with van der Waals surface area (Å²) in [5.41, 5.74) is 4.57. The Labute approximate surface area is 126 Å². The molecule has 0 aliphatic carbocycles. The van der Waals surface area contributed by atoms with Crippen LogP contribution >= 0.6 is 0 Å². The van der Waals surface area contributed by atoms with Gasteiger partial charge in [0.2, 0.25) is 6.41 Å². The number of nitrogens with one attached hydrogen (secondary N) is 2. The number of para-hydroxylation sites is 2. The van der Waals surface area contributed by atoms with Crippen molar-refractivity contribution in [2.45, 2.75) is 0 Å². The Hall–Kier alpha value is -3.08. The van der Waals surface area contributed by atoms with E-state index in [0.29, 0.717) is 12.1 Å². The average Bonchev–Trinajstić information content (AvgIpc) is 3.10. The zero-order valence-electron chi connectivity index (χ0n) is 12.0. The number of imidazole rings is 1. The van der Waals surface area contributed by atoms with Crippen LogP contribution in [-0.2, 0) is 11.8 Å². The molecule has 5 heteroatoms. The number of hydrogen-bond acceptors (Lipinski definition) is 2. The molecule has 2 heterocycles. The number of aromatic nitrogens is 3. The van der Waals surface area contributed by atoms with E-state index in [1.807, 2.05) is 37.4 Å². The van der Waals surface area contributed by atoms with Crippen molar-refractivity contribution in [3.8, 4) is 11.4 Å². The van der Waals surface area contributed by atoms with Crippen LogP contribution in [-0.4, -0.2) is 20.9 Å². The van der Waals surface area contributed by atoms with Gasteiger partial charge >= 0.3 is 0 Å². The van der Waals surface area contributed by atoms with Gasteiger partial charge < -0.3 is 14.9 Å². The zero-order chi connectivity index (χ0) is 15.1. The number of amides is 1. The second-order valence-electron chi connectivity index (χ2n) is 5.22. The van der Waals surface area contributed by atoms with Crippen molar-refractivity contribution in [1.82, 2.24) is 14.5 Å². The quantitative estimate of drug-likeness (QED) is 0.569. The Balaban J connectivity index is 1.97. The molecule has 0 aliphatic heterocycles. The fraction of sp³-hybridized carbons (Fsp3) is 0.0588. The van der Waals surface area contributed by atoms with Crippen molar-refractivity contribution in [2.75, 3.05) is 5.32 Å². The average molecular weight is 290 g/mol. The van der Waals surface area contributed by atoms with Gasteiger partial charge in [0, 0.05) is 29.7 Å². The van der Waals surface area contributed by atoms with Crippen LogP contribution in [0.5, 0.6) is 0 Å². The lowest BCUT2D eigenvalue weighted by atomic mass is 10.2. The van der Waals surface area contributed by atoms with Crippen LogP contribution in [0.15, 0.2) is 48.7 Å². The Morgan fingerprint density at radius 2 is 2.05 bits per heavy atom. The van der Waals surface area contributed by atoms with Crippen LogP contribution in [0.2, 0.25) is 0 Å². The van der Waals surface area contributed by atoms with E-state index >= 15 is 0 Å². The van der Waals surface area contributed by atoms with Gasteiger partial charge in [-0.25, -0.2) is 4.98 Å². The van der Waals surface area contributed by atoms with Crippen LogP contribution in [0.1, 0.15) is 0 Å². The third-order valence-electron chi connectivity index (χ3n) is 3.88. The summed E-state index contributed by atoms with van der Waals surface area (Å²) in [6, 6.07) is 13.9. The van der Waals surface area contributed by atoms with Gasteiger partial charge in [-0.2, -0.15) is 0 Å². The molecule has 5 nitrogen and oxygen atoms in total. The van der Waals surface area contributed by atoms with Gasteiger partial charge in [-0.15, -0.1) is 0 Å². The van der Waals surface area contributed by atoms with Crippen molar-refractivity contribution in [3.63, 3.8) is 0 Å². The Morgan fingerprint density at radius 1 is 1.18 bits per heavy atom. The molecule has 0 radical (unpaired) electrons. The van der Waals surface area contributed by atoms with Gasteiger partial charge in [0.15, 0.2) is 0 Å². The van der Waals surface area contributed by atoms with Crippen LogP contribution in [0, 0.1) is 0 Å². The van der Waals surface area contributed by atoms with Crippen LogP contribution in [0.3, 0.4) is 0 Å². The summed E-state index contributed by atoms with van der Waals surface area (Å²) < 4.78 is 2.09. The van der Waals surface area contributed by atoms with Crippen LogP contribution in [0.4, 0.5) is 5.69 Å². The number of benzene rings is 2. The summed E-state index contributed by atoms with van der Waals surface area (Å²) in [5, 5.41) is 3.84. The topological polar surface area (TPSA) is 62.7 Å².